The van der Waals surface area contributed by atoms with Crippen molar-refractivity contribution in [3.8, 4) is 0 Å². The van der Waals surface area contributed by atoms with Crippen LogP contribution in [0.5, 0.6) is 0 Å². The smallest absolute Gasteiger partial charge is 0.0395 e. The van der Waals surface area contributed by atoms with Crippen LogP contribution in [-0.2, 0) is 0 Å². The Morgan fingerprint density at radius 2 is 2.00 bits per heavy atom. The predicted octanol–water partition coefficient (Wildman–Crippen LogP) is 2.95. The van der Waals surface area contributed by atoms with Gasteiger partial charge in [0, 0.05) is 24.8 Å². The molecule has 2 nitrogen and oxygen atoms in total. The van der Waals surface area contributed by atoms with Crippen LogP contribution >= 0.6 is 0 Å². The van der Waals surface area contributed by atoms with Gasteiger partial charge in [0.05, 0.1) is 0 Å². The highest BCUT2D eigenvalue weighted by Gasteiger charge is 2.06. The molecule has 0 bridgehead atoms. The van der Waals surface area contributed by atoms with Crippen molar-refractivity contribution in [3.63, 3.8) is 0 Å². The molecule has 1 atom stereocenters. The molecular formula is C14H24N2. The van der Waals surface area contributed by atoms with Gasteiger partial charge in [-0.05, 0) is 45.2 Å². The van der Waals surface area contributed by atoms with Crippen molar-refractivity contribution in [2.45, 2.75) is 39.7 Å². The first-order valence-corrected chi connectivity index (χ1v) is 6.21. The summed E-state index contributed by atoms with van der Waals surface area (Å²) in [5.41, 5.74) is 8.48. The van der Waals surface area contributed by atoms with Gasteiger partial charge in [-0.2, -0.15) is 0 Å². The third kappa shape index (κ3) is 3.86. The first kappa shape index (κ1) is 13.0. The Labute approximate surface area is 99.5 Å². The molecule has 1 rings (SSSR count). The van der Waals surface area contributed by atoms with Gasteiger partial charge < -0.3 is 10.6 Å². The van der Waals surface area contributed by atoms with E-state index < -0.39 is 0 Å². The van der Waals surface area contributed by atoms with Gasteiger partial charge in [0.25, 0.3) is 0 Å². The molecule has 0 saturated carbocycles. The summed E-state index contributed by atoms with van der Waals surface area (Å²) in [6.07, 6.45) is 2.27. The minimum Gasteiger partial charge on any atom is -0.372 e. The Balaban J connectivity index is 2.57. The fraction of sp³-hybridized carbons (Fsp3) is 0.571. The first-order chi connectivity index (χ1) is 7.65. The lowest BCUT2D eigenvalue weighted by Crippen LogP contribution is -2.26. The highest BCUT2D eigenvalue weighted by atomic mass is 15.1. The Morgan fingerprint density at radius 1 is 1.31 bits per heavy atom. The van der Waals surface area contributed by atoms with E-state index in [4.69, 9.17) is 5.73 Å². The van der Waals surface area contributed by atoms with Gasteiger partial charge in [-0.25, -0.2) is 0 Å². The van der Waals surface area contributed by atoms with E-state index in [9.17, 15) is 0 Å². The Hall–Kier alpha value is -1.02. The number of nitrogens with two attached hydrogens (primary N) is 1. The van der Waals surface area contributed by atoms with E-state index >= 15 is 0 Å². The fourth-order valence-electron chi connectivity index (χ4n) is 1.97. The lowest BCUT2D eigenvalue weighted by atomic mass is 10.1. The van der Waals surface area contributed by atoms with Crippen molar-refractivity contribution in [1.29, 1.82) is 0 Å². The van der Waals surface area contributed by atoms with E-state index in [0.29, 0.717) is 6.04 Å². The molecule has 2 heteroatoms. The van der Waals surface area contributed by atoms with Crippen LogP contribution in [0.25, 0.3) is 0 Å². The van der Waals surface area contributed by atoms with Crippen molar-refractivity contribution in [2.24, 2.45) is 5.73 Å². The topological polar surface area (TPSA) is 29.3 Å². The van der Waals surface area contributed by atoms with Crippen LogP contribution in [-0.4, -0.2) is 19.1 Å². The molecule has 0 aromatic heterocycles. The first-order valence-electron chi connectivity index (χ1n) is 6.21. The molecule has 0 aliphatic heterocycles. The van der Waals surface area contributed by atoms with Gasteiger partial charge in [0.1, 0.15) is 0 Å². The van der Waals surface area contributed by atoms with Gasteiger partial charge in [0.15, 0.2) is 0 Å². The summed E-state index contributed by atoms with van der Waals surface area (Å²) in [7, 11) is 0. The van der Waals surface area contributed by atoms with E-state index in [-0.39, 0.29) is 0 Å². The molecule has 90 valence electrons. The lowest BCUT2D eigenvalue weighted by molar-refractivity contribution is 0.613. The third-order valence-corrected chi connectivity index (χ3v) is 2.93. The molecule has 0 spiro atoms. The second-order valence-corrected chi connectivity index (χ2v) is 4.49. The zero-order valence-corrected chi connectivity index (χ0v) is 10.7. The minimum atomic E-state index is 0.315. The molecule has 1 aromatic carbocycles. The molecule has 0 heterocycles. The number of nitrogens with zero attached hydrogens (tertiary/aromatic N) is 1. The van der Waals surface area contributed by atoms with Crippen molar-refractivity contribution < 1.29 is 0 Å². The average molecular weight is 220 g/mol. The van der Waals surface area contributed by atoms with E-state index in [0.717, 1.165) is 19.5 Å². The van der Waals surface area contributed by atoms with Crippen LogP contribution < -0.4 is 10.6 Å². The van der Waals surface area contributed by atoms with Crippen LogP contribution in [0.4, 0.5) is 5.69 Å². The molecule has 0 saturated heterocycles. The van der Waals surface area contributed by atoms with Crippen molar-refractivity contribution >= 4 is 5.69 Å². The summed E-state index contributed by atoms with van der Waals surface area (Å²) in [4.78, 5) is 2.43. The number of para-hydroxylation sites is 1. The second kappa shape index (κ2) is 6.54. The zero-order chi connectivity index (χ0) is 12.0. The maximum atomic E-state index is 5.77. The number of aryl methyl sites for hydroxylation is 1. The summed E-state index contributed by atoms with van der Waals surface area (Å²) in [6, 6.07) is 8.88. The highest BCUT2D eigenvalue weighted by molar-refractivity contribution is 5.52. The van der Waals surface area contributed by atoms with Gasteiger partial charge in [-0.15, -0.1) is 0 Å². The summed E-state index contributed by atoms with van der Waals surface area (Å²) >= 11 is 0. The van der Waals surface area contributed by atoms with E-state index in [1.54, 1.807) is 0 Å². The number of hydrogen-bond acceptors (Lipinski definition) is 2. The van der Waals surface area contributed by atoms with Crippen LogP contribution in [0, 0.1) is 6.92 Å². The molecule has 0 aliphatic rings. The normalized spacial score (nSPS) is 12.5. The van der Waals surface area contributed by atoms with Crippen molar-refractivity contribution in [1.82, 2.24) is 0 Å². The van der Waals surface area contributed by atoms with Crippen LogP contribution in [0.15, 0.2) is 24.3 Å². The van der Waals surface area contributed by atoms with Crippen molar-refractivity contribution in [2.75, 3.05) is 18.0 Å². The molecule has 1 unspecified atom stereocenters. The van der Waals surface area contributed by atoms with Crippen LogP contribution in [0.3, 0.4) is 0 Å². The molecular weight excluding hydrogens is 196 g/mol. The molecule has 0 aliphatic carbocycles. The summed E-state index contributed by atoms with van der Waals surface area (Å²) in [6.45, 7) is 8.61. The SMILES string of the molecule is CCN(CCCC(C)N)c1ccccc1C. The summed E-state index contributed by atoms with van der Waals surface area (Å²) in [5, 5.41) is 0. The Morgan fingerprint density at radius 3 is 2.56 bits per heavy atom. The van der Waals surface area contributed by atoms with E-state index in [1.807, 2.05) is 0 Å². The van der Waals surface area contributed by atoms with Gasteiger partial charge in [-0.1, -0.05) is 18.2 Å². The van der Waals surface area contributed by atoms with E-state index in [2.05, 4.69) is 49.9 Å². The number of hydrogen-bond donors (Lipinski definition) is 1. The molecule has 0 amide bonds. The quantitative estimate of drug-likeness (QED) is 0.798. The number of rotatable bonds is 6. The molecule has 0 fully saturated rings. The van der Waals surface area contributed by atoms with Crippen LogP contribution in [0.2, 0.25) is 0 Å². The lowest BCUT2D eigenvalue weighted by Gasteiger charge is -2.25. The standard InChI is InChI=1S/C14H24N2/c1-4-16(11-7-9-13(3)15)14-10-6-5-8-12(14)2/h5-6,8,10,13H,4,7,9,11,15H2,1-3H3. The monoisotopic (exact) mass is 220 g/mol. The third-order valence-electron chi connectivity index (χ3n) is 2.93. The zero-order valence-electron chi connectivity index (χ0n) is 10.7. The van der Waals surface area contributed by atoms with E-state index in [1.165, 1.54) is 17.7 Å². The number of anilines is 1. The second-order valence-electron chi connectivity index (χ2n) is 4.49. The Kier molecular flexibility index (Phi) is 5.33. The van der Waals surface area contributed by atoms with Gasteiger partial charge in [0.2, 0.25) is 0 Å². The maximum Gasteiger partial charge on any atom is 0.0395 e. The molecule has 16 heavy (non-hydrogen) atoms. The van der Waals surface area contributed by atoms with Gasteiger partial charge in [-0.3, -0.25) is 0 Å². The maximum absolute atomic E-state index is 5.77. The van der Waals surface area contributed by atoms with Crippen LogP contribution in [0.1, 0.15) is 32.3 Å². The highest BCUT2D eigenvalue weighted by Crippen LogP contribution is 2.19. The fourth-order valence-corrected chi connectivity index (χ4v) is 1.97. The van der Waals surface area contributed by atoms with Crippen molar-refractivity contribution in [3.05, 3.63) is 29.8 Å². The molecule has 2 N–H and O–H groups in total. The minimum absolute atomic E-state index is 0.315. The number of benzene rings is 1. The largest absolute Gasteiger partial charge is 0.372 e. The Bertz CT molecular complexity index is 307. The average Bonchev–Trinajstić information content (AvgIpc) is 2.25. The van der Waals surface area contributed by atoms with Gasteiger partial charge >= 0.3 is 0 Å². The molecule has 1 aromatic rings. The summed E-state index contributed by atoms with van der Waals surface area (Å²) < 4.78 is 0. The summed E-state index contributed by atoms with van der Waals surface area (Å²) in [5.74, 6) is 0. The molecule has 0 radical (unpaired) electrons. The predicted molar refractivity (Wildman–Crippen MR) is 71.9 cm³/mol.